The minimum atomic E-state index is -0.150. The van der Waals surface area contributed by atoms with Crippen LogP contribution in [-0.2, 0) is 0 Å². The van der Waals surface area contributed by atoms with Crippen LogP contribution >= 0.6 is 0 Å². The number of fused-ring (bicyclic) bond motifs is 3. The Hall–Kier alpha value is -2.75. The molecule has 1 aromatic carbocycles. The van der Waals surface area contributed by atoms with Crippen LogP contribution in [0.4, 0.5) is 0 Å². The predicted molar refractivity (Wildman–Crippen MR) is 116 cm³/mol. The molecule has 0 saturated carbocycles. The number of rotatable bonds is 2. The van der Waals surface area contributed by atoms with E-state index in [2.05, 4.69) is 25.5 Å². The molecule has 29 heavy (non-hydrogen) atoms. The molecule has 0 unspecified atom stereocenters. The standard InChI is InChI=1S/C23H12N2O2Se2/c26-22-17-7-14-11-28-12-15(14)8-18(17)23(27)19(22)9-16-1-2-21(29-16)25-6-4-13-10-24-5-3-20(13)25/h1-12H. The van der Waals surface area contributed by atoms with Crippen molar-refractivity contribution in [1.82, 2.24) is 9.55 Å². The molecule has 0 atom stereocenters. The fourth-order valence-electron chi connectivity index (χ4n) is 3.78. The van der Waals surface area contributed by atoms with Crippen molar-refractivity contribution in [2.75, 3.05) is 0 Å². The van der Waals surface area contributed by atoms with Crippen molar-refractivity contribution in [3.63, 3.8) is 0 Å². The Bertz CT molecular complexity index is 1450. The molecule has 4 nitrogen and oxygen atoms in total. The third-order valence-electron chi connectivity index (χ3n) is 5.22. The van der Waals surface area contributed by atoms with Gasteiger partial charge >= 0.3 is 178 Å². The Balaban J connectivity index is 1.41. The number of hydrogen-bond donors (Lipinski definition) is 0. The molecule has 4 heterocycles. The van der Waals surface area contributed by atoms with E-state index in [9.17, 15) is 9.59 Å². The molecule has 0 amide bonds. The first-order chi connectivity index (χ1) is 14.2. The zero-order chi connectivity index (χ0) is 19.5. The zero-order valence-corrected chi connectivity index (χ0v) is 18.4. The number of benzene rings is 1. The van der Waals surface area contributed by atoms with Crippen LogP contribution in [0.2, 0.25) is 0 Å². The third kappa shape index (κ3) is 2.61. The molecule has 0 N–H and O–H groups in total. The fraction of sp³-hybridized carbons (Fsp3) is 0. The van der Waals surface area contributed by atoms with E-state index >= 15 is 0 Å². The van der Waals surface area contributed by atoms with E-state index in [1.165, 1.54) is 4.56 Å². The zero-order valence-electron chi connectivity index (χ0n) is 15.0. The Labute approximate surface area is 177 Å². The number of Topliss-reactive ketones (excluding diaryl/α,β-unsaturated/α-hetero) is 2. The SMILES string of the molecule is O=C1C(=Cc2ccc(-n3ccc4cnccc43)[se]2)C(=O)c2cc3c[se]cc3cc21. The molecular formula is C23H12N2O2Se2. The summed E-state index contributed by atoms with van der Waals surface area (Å²) >= 11 is 0.337. The minimum absolute atomic E-state index is 0.0172. The first-order valence-corrected chi connectivity index (χ1v) is 12.7. The van der Waals surface area contributed by atoms with Crippen LogP contribution in [0.5, 0.6) is 0 Å². The van der Waals surface area contributed by atoms with Crippen molar-refractivity contribution in [3.05, 3.63) is 86.0 Å². The van der Waals surface area contributed by atoms with Gasteiger partial charge in [0.15, 0.2) is 0 Å². The number of pyridine rings is 1. The topological polar surface area (TPSA) is 52.0 Å². The average molecular weight is 506 g/mol. The van der Waals surface area contributed by atoms with E-state index in [-0.39, 0.29) is 26.1 Å². The van der Waals surface area contributed by atoms with E-state index in [4.69, 9.17) is 0 Å². The van der Waals surface area contributed by atoms with Crippen molar-refractivity contribution in [2.24, 2.45) is 0 Å². The predicted octanol–water partition coefficient (Wildman–Crippen LogP) is 3.76. The van der Waals surface area contributed by atoms with E-state index in [1.54, 1.807) is 12.3 Å². The molecule has 1 aliphatic rings. The van der Waals surface area contributed by atoms with E-state index in [0.717, 1.165) is 26.1 Å². The van der Waals surface area contributed by atoms with Crippen LogP contribution in [-0.4, -0.2) is 50.1 Å². The number of aromatic nitrogens is 2. The van der Waals surface area contributed by atoms with Crippen LogP contribution in [0.15, 0.2) is 70.4 Å². The normalized spacial score (nSPS) is 13.6. The summed E-state index contributed by atoms with van der Waals surface area (Å²) in [6, 6.07) is 11.9. The molecule has 6 heteroatoms. The summed E-state index contributed by atoms with van der Waals surface area (Å²) in [4.78, 5) is 34.3. The van der Waals surface area contributed by atoms with Crippen molar-refractivity contribution < 1.29 is 9.59 Å². The van der Waals surface area contributed by atoms with Gasteiger partial charge in [0.25, 0.3) is 0 Å². The maximum atomic E-state index is 12.9. The second kappa shape index (κ2) is 6.38. The molecule has 0 spiro atoms. The van der Waals surface area contributed by atoms with Gasteiger partial charge in [0.2, 0.25) is 0 Å². The van der Waals surface area contributed by atoms with Gasteiger partial charge in [-0.25, -0.2) is 0 Å². The summed E-state index contributed by atoms with van der Waals surface area (Å²) in [6.07, 6.45) is 7.48. The van der Waals surface area contributed by atoms with Crippen LogP contribution in [0, 0.1) is 0 Å². The van der Waals surface area contributed by atoms with Crippen LogP contribution in [0.25, 0.3) is 32.3 Å². The summed E-state index contributed by atoms with van der Waals surface area (Å²) in [7, 11) is 0. The molecule has 0 saturated heterocycles. The molecule has 0 bridgehead atoms. The summed E-state index contributed by atoms with van der Waals surface area (Å²) in [6.45, 7) is 0. The second-order valence-electron chi connectivity index (χ2n) is 6.91. The van der Waals surface area contributed by atoms with Crippen molar-refractivity contribution >= 4 is 68.3 Å². The monoisotopic (exact) mass is 508 g/mol. The number of ketones is 2. The first-order valence-electron chi connectivity index (χ1n) is 9.01. The molecule has 1 aliphatic carbocycles. The summed E-state index contributed by atoms with van der Waals surface area (Å²) in [5.74, 6) is -0.300. The second-order valence-corrected chi connectivity index (χ2v) is 10.8. The number of allylic oxidation sites excluding steroid dienone is 1. The molecule has 6 rings (SSSR count). The van der Waals surface area contributed by atoms with Crippen molar-refractivity contribution in [1.29, 1.82) is 0 Å². The van der Waals surface area contributed by atoms with Crippen LogP contribution in [0.3, 0.4) is 0 Å². The first kappa shape index (κ1) is 17.1. The Morgan fingerprint density at radius 1 is 0.897 bits per heavy atom. The van der Waals surface area contributed by atoms with Crippen molar-refractivity contribution in [2.45, 2.75) is 0 Å². The van der Waals surface area contributed by atoms with Crippen LogP contribution < -0.4 is 0 Å². The van der Waals surface area contributed by atoms with Gasteiger partial charge in [-0.05, 0) is 0 Å². The molecule has 0 radical (unpaired) electrons. The Kier molecular flexibility index (Phi) is 3.77. The number of carbonyl (C=O) groups excluding carboxylic acids is 2. The average Bonchev–Trinajstić information content (AvgIpc) is 3.50. The fourth-order valence-corrected chi connectivity index (χ4v) is 7.39. The quantitative estimate of drug-likeness (QED) is 0.208. The van der Waals surface area contributed by atoms with E-state index in [1.807, 2.05) is 42.7 Å². The third-order valence-corrected chi connectivity index (χ3v) is 9.02. The molecule has 138 valence electrons. The van der Waals surface area contributed by atoms with Gasteiger partial charge in [-0.1, -0.05) is 0 Å². The Morgan fingerprint density at radius 3 is 2.41 bits per heavy atom. The number of hydrogen-bond acceptors (Lipinski definition) is 3. The van der Waals surface area contributed by atoms with Crippen molar-refractivity contribution in [3.8, 4) is 4.56 Å². The molecule has 0 fully saturated rings. The molecule has 5 aromatic rings. The van der Waals surface area contributed by atoms with E-state index < -0.39 is 0 Å². The molecular weight excluding hydrogens is 494 g/mol. The molecule has 0 aliphatic heterocycles. The van der Waals surface area contributed by atoms with Gasteiger partial charge in [-0.15, -0.1) is 0 Å². The maximum absolute atomic E-state index is 12.9. The molecule has 4 aromatic heterocycles. The van der Waals surface area contributed by atoms with Gasteiger partial charge in [-0.2, -0.15) is 0 Å². The van der Waals surface area contributed by atoms with Gasteiger partial charge in [0.05, 0.1) is 0 Å². The summed E-state index contributed by atoms with van der Waals surface area (Å²) in [5, 5.41) is 3.25. The van der Waals surface area contributed by atoms with Gasteiger partial charge in [0, 0.05) is 0 Å². The van der Waals surface area contributed by atoms with Gasteiger partial charge in [0.1, 0.15) is 0 Å². The van der Waals surface area contributed by atoms with Crippen LogP contribution in [0.1, 0.15) is 25.2 Å². The van der Waals surface area contributed by atoms with Gasteiger partial charge < -0.3 is 0 Å². The Morgan fingerprint density at radius 2 is 1.66 bits per heavy atom. The summed E-state index contributed by atoms with van der Waals surface area (Å²) < 4.78 is 4.36. The summed E-state index contributed by atoms with van der Waals surface area (Å²) in [5.41, 5.74) is 2.49. The number of nitrogens with zero attached hydrogens (tertiary/aromatic N) is 2. The number of carbonyl (C=O) groups is 2. The van der Waals surface area contributed by atoms with Gasteiger partial charge in [-0.3, -0.25) is 0 Å². The van der Waals surface area contributed by atoms with E-state index in [0.29, 0.717) is 31.2 Å².